The largest absolute Gasteiger partial charge is 0.496 e. The molecule has 1 amide bonds. The number of nitrogens with one attached hydrogen (secondary N) is 1. The lowest BCUT2D eigenvalue weighted by atomic mass is 10.0. The highest BCUT2D eigenvalue weighted by Gasteiger charge is 2.19. The van der Waals surface area contributed by atoms with Crippen molar-refractivity contribution < 1.29 is 24.9 Å². The van der Waals surface area contributed by atoms with Crippen LogP contribution in [0.15, 0.2) is 18.2 Å². The molecule has 1 aromatic rings. The van der Waals surface area contributed by atoms with E-state index < -0.39 is 12.2 Å². The molecular formula is C13H19NO5. The summed E-state index contributed by atoms with van der Waals surface area (Å²) < 4.78 is 5.08. The van der Waals surface area contributed by atoms with E-state index in [-0.39, 0.29) is 19.1 Å². The number of hydrogen-bond acceptors (Lipinski definition) is 5. The fourth-order valence-electron chi connectivity index (χ4n) is 1.66. The maximum Gasteiger partial charge on any atom is 0.216 e. The van der Waals surface area contributed by atoms with Gasteiger partial charge in [-0.25, -0.2) is 0 Å². The maximum atomic E-state index is 10.7. The zero-order valence-corrected chi connectivity index (χ0v) is 11.0. The summed E-state index contributed by atoms with van der Waals surface area (Å²) in [6.07, 6.45) is -2.26. The minimum atomic E-state index is -1.14. The van der Waals surface area contributed by atoms with Crippen molar-refractivity contribution in [2.24, 2.45) is 0 Å². The molecule has 1 aromatic carbocycles. The maximum absolute atomic E-state index is 10.7. The summed E-state index contributed by atoms with van der Waals surface area (Å²) in [6, 6.07) is 4.76. The van der Waals surface area contributed by atoms with Crippen molar-refractivity contribution in [3.63, 3.8) is 0 Å². The number of ether oxygens (including phenoxy) is 1. The molecule has 0 heterocycles. The van der Waals surface area contributed by atoms with E-state index in [1.165, 1.54) is 14.0 Å². The number of aliphatic hydroxyl groups is 3. The highest BCUT2D eigenvalue weighted by atomic mass is 16.5. The van der Waals surface area contributed by atoms with Crippen molar-refractivity contribution in [1.29, 1.82) is 0 Å². The van der Waals surface area contributed by atoms with E-state index in [0.29, 0.717) is 16.9 Å². The lowest BCUT2D eigenvalue weighted by Crippen LogP contribution is -2.34. The second-order valence-corrected chi connectivity index (χ2v) is 4.18. The monoisotopic (exact) mass is 269 g/mol. The molecule has 6 heteroatoms. The van der Waals surface area contributed by atoms with Crippen LogP contribution in [0, 0.1) is 0 Å². The summed E-state index contributed by atoms with van der Waals surface area (Å²) in [6.45, 7) is 1.12. The predicted octanol–water partition coefficient (Wildman–Crippen LogP) is -0.282. The van der Waals surface area contributed by atoms with Crippen LogP contribution in [0.4, 0.5) is 0 Å². The number of hydrogen-bond donors (Lipinski definition) is 4. The molecule has 0 radical (unpaired) electrons. The van der Waals surface area contributed by atoms with E-state index in [9.17, 15) is 15.0 Å². The van der Waals surface area contributed by atoms with Crippen molar-refractivity contribution in [3.8, 4) is 5.75 Å². The topological polar surface area (TPSA) is 99.0 Å². The van der Waals surface area contributed by atoms with Crippen LogP contribution >= 0.6 is 0 Å². The van der Waals surface area contributed by atoms with E-state index in [4.69, 9.17) is 9.84 Å². The number of methoxy groups -OCH3 is 1. The van der Waals surface area contributed by atoms with Gasteiger partial charge in [-0.15, -0.1) is 0 Å². The van der Waals surface area contributed by atoms with Gasteiger partial charge in [-0.3, -0.25) is 4.79 Å². The Kier molecular flexibility index (Phi) is 5.75. The van der Waals surface area contributed by atoms with Gasteiger partial charge in [-0.2, -0.15) is 0 Å². The molecule has 0 spiro atoms. The zero-order chi connectivity index (χ0) is 14.4. The molecule has 2 atom stereocenters. The average Bonchev–Trinajstić information content (AvgIpc) is 2.42. The van der Waals surface area contributed by atoms with Crippen molar-refractivity contribution in [2.45, 2.75) is 25.7 Å². The van der Waals surface area contributed by atoms with Gasteiger partial charge in [-0.1, -0.05) is 12.1 Å². The van der Waals surface area contributed by atoms with Crippen LogP contribution in [0.2, 0.25) is 0 Å². The lowest BCUT2D eigenvalue weighted by molar-refractivity contribution is -0.119. The molecule has 0 aliphatic rings. The summed E-state index contributed by atoms with van der Waals surface area (Å²) in [7, 11) is 1.46. The number of rotatable bonds is 6. The Morgan fingerprint density at radius 2 is 2.11 bits per heavy atom. The molecule has 0 bridgehead atoms. The fourth-order valence-corrected chi connectivity index (χ4v) is 1.66. The average molecular weight is 269 g/mol. The minimum Gasteiger partial charge on any atom is -0.496 e. The highest BCUT2D eigenvalue weighted by molar-refractivity contribution is 5.72. The molecule has 1 rings (SSSR count). The molecule has 2 unspecified atom stereocenters. The Hall–Kier alpha value is -1.63. The van der Waals surface area contributed by atoms with Crippen LogP contribution in [-0.2, 0) is 11.4 Å². The number of benzene rings is 1. The van der Waals surface area contributed by atoms with Gasteiger partial charge in [0.25, 0.3) is 0 Å². The zero-order valence-electron chi connectivity index (χ0n) is 11.0. The molecule has 0 saturated carbocycles. The number of amides is 1. The van der Waals surface area contributed by atoms with Gasteiger partial charge in [0.1, 0.15) is 18.0 Å². The summed E-state index contributed by atoms with van der Waals surface area (Å²) in [5, 5.41) is 31.2. The molecule has 19 heavy (non-hydrogen) atoms. The molecular weight excluding hydrogens is 250 g/mol. The lowest BCUT2D eigenvalue weighted by Gasteiger charge is -2.19. The van der Waals surface area contributed by atoms with Gasteiger partial charge in [0, 0.05) is 19.0 Å². The van der Waals surface area contributed by atoms with Crippen LogP contribution in [0.3, 0.4) is 0 Å². The van der Waals surface area contributed by atoms with E-state index in [1.54, 1.807) is 18.2 Å². The number of aliphatic hydroxyl groups excluding tert-OH is 3. The van der Waals surface area contributed by atoms with Crippen LogP contribution in [0.25, 0.3) is 0 Å². The summed E-state index contributed by atoms with van der Waals surface area (Å²) >= 11 is 0. The fraction of sp³-hybridized carbons (Fsp3) is 0.462. The second-order valence-electron chi connectivity index (χ2n) is 4.18. The van der Waals surface area contributed by atoms with Crippen molar-refractivity contribution in [2.75, 3.05) is 13.7 Å². The molecule has 106 valence electrons. The molecule has 0 aliphatic carbocycles. The number of carbonyl (C=O) groups is 1. The highest BCUT2D eigenvalue weighted by Crippen LogP contribution is 2.25. The molecule has 0 aromatic heterocycles. The van der Waals surface area contributed by atoms with E-state index >= 15 is 0 Å². The van der Waals surface area contributed by atoms with Gasteiger partial charge in [0.2, 0.25) is 5.91 Å². The number of carbonyl (C=O) groups excluding carboxylic acids is 1. The molecule has 4 N–H and O–H groups in total. The second kappa shape index (κ2) is 7.08. The Morgan fingerprint density at radius 3 is 2.63 bits per heavy atom. The minimum absolute atomic E-state index is 0.0411. The third-order valence-corrected chi connectivity index (χ3v) is 2.75. The van der Waals surface area contributed by atoms with Crippen LogP contribution < -0.4 is 10.1 Å². The van der Waals surface area contributed by atoms with Crippen LogP contribution in [0.5, 0.6) is 5.75 Å². The Balaban J connectivity index is 2.81. The Morgan fingerprint density at radius 1 is 1.42 bits per heavy atom. The smallest absolute Gasteiger partial charge is 0.216 e. The molecule has 6 nitrogen and oxygen atoms in total. The van der Waals surface area contributed by atoms with Gasteiger partial charge < -0.3 is 25.4 Å². The normalized spacial score (nSPS) is 13.7. The summed E-state index contributed by atoms with van der Waals surface area (Å²) in [5.41, 5.74) is 1.04. The van der Waals surface area contributed by atoms with Gasteiger partial charge >= 0.3 is 0 Å². The third kappa shape index (κ3) is 4.20. The molecule has 0 fully saturated rings. The van der Waals surface area contributed by atoms with Crippen molar-refractivity contribution in [3.05, 3.63) is 29.3 Å². The van der Waals surface area contributed by atoms with Crippen molar-refractivity contribution in [1.82, 2.24) is 5.32 Å². The molecule has 0 saturated heterocycles. The standard InChI is InChI=1S/C13H19NO5/c1-8(16)14-6-11(17)13(18)9-3-4-10(7-15)12(5-9)19-2/h3-5,11,13,15,17-18H,6-7H2,1-2H3,(H,14,16). The van der Waals surface area contributed by atoms with Crippen LogP contribution in [-0.4, -0.2) is 41.0 Å². The van der Waals surface area contributed by atoms with E-state index in [2.05, 4.69) is 5.32 Å². The first-order valence-corrected chi connectivity index (χ1v) is 5.87. The van der Waals surface area contributed by atoms with E-state index in [0.717, 1.165) is 0 Å². The molecule has 0 aliphatic heterocycles. The Bertz CT molecular complexity index is 435. The SMILES string of the molecule is COc1cc(C(O)C(O)CNC(C)=O)ccc1CO. The third-order valence-electron chi connectivity index (χ3n) is 2.75. The first-order valence-electron chi connectivity index (χ1n) is 5.87. The van der Waals surface area contributed by atoms with Crippen LogP contribution in [0.1, 0.15) is 24.2 Å². The van der Waals surface area contributed by atoms with Crippen molar-refractivity contribution >= 4 is 5.91 Å². The van der Waals surface area contributed by atoms with Gasteiger partial charge in [-0.05, 0) is 11.6 Å². The van der Waals surface area contributed by atoms with Gasteiger partial charge in [0.05, 0.1) is 13.7 Å². The van der Waals surface area contributed by atoms with Gasteiger partial charge in [0.15, 0.2) is 0 Å². The van der Waals surface area contributed by atoms with E-state index in [1.807, 2.05) is 0 Å². The Labute approximate surface area is 111 Å². The summed E-state index contributed by atoms with van der Waals surface area (Å²) in [5.74, 6) is 0.158. The summed E-state index contributed by atoms with van der Waals surface area (Å²) in [4.78, 5) is 10.7. The first-order chi connectivity index (χ1) is 8.99. The predicted molar refractivity (Wildman–Crippen MR) is 68.6 cm³/mol. The first kappa shape index (κ1) is 15.4. The quantitative estimate of drug-likeness (QED) is 0.569.